The maximum atomic E-state index is 8.31. The molecule has 0 amide bonds. The van der Waals surface area contributed by atoms with Crippen molar-refractivity contribution < 1.29 is 19.6 Å². The highest BCUT2D eigenvalue weighted by Crippen LogP contribution is 2.25. The first-order chi connectivity index (χ1) is 5.20. The highest BCUT2D eigenvalue weighted by molar-refractivity contribution is 4.72. The molecule has 0 radical (unpaired) electrons. The van der Waals surface area contributed by atoms with Gasteiger partial charge in [-0.25, -0.2) is 4.89 Å². The number of hydrogen-bond acceptors (Lipinski definition) is 4. The van der Waals surface area contributed by atoms with E-state index >= 15 is 0 Å². The van der Waals surface area contributed by atoms with Crippen LogP contribution in [0.4, 0.5) is 0 Å². The van der Waals surface area contributed by atoms with Crippen LogP contribution in [0.25, 0.3) is 0 Å². The summed E-state index contributed by atoms with van der Waals surface area (Å²) in [6.07, 6.45) is 1.31. The van der Waals surface area contributed by atoms with Crippen LogP contribution in [0.5, 0.6) is 0 Å². The molecule has 0 aromatic heterocycles. The summed E-state index contributed by atoms with van der Waals surface area (Å²) in [5, 5.41) is 8.31. The van der Waals surface area contributed by atoms with Crippen LogP contribution in [0.1, 0.15) is 19.8 Å². The lowest BCUT2D eigenvalue weighted by atomic mass is 10.1. The van der Waals surface area contributed by atoms with E-state index in [2.05, 4.69) is 4.89 Å². The molecule has 11 heavy (non-hydrogen) atoms. The van der Waals surface area contributed by atoms with Crippen molar-refractivity contribution in [3.8, 4) is 0 Å². The number of ether oxygens (including phenoxy) is 2. The summed E-state index contributed by atoms with van der Waals surface area (Å²) >= 11 is 0. The Bertz CT molecular complexity index is 118. The summed E-state index contributed by atoms with van der Waals surface area (Å²) in [6.45, 7) is 2.27. The minimum atomic E-state index is -0.491. The second-order valence-corrected chi connectivity index (χ2v) is 2.92. The standard InChI is InChI=1S/C7H14O4/c1-7(9-2)4-3-6(11-8)5-10-7/h6,8H,3-5H2,1-2H3/t6-,7+/m1/s1. The molecule has 1 heterocycles. The molecule has 0 spiro atoms. The largest absolute Gasteiger partial charge is 0.353 e. The molecule has 2 atom stereocenters. The van der Waals surface area contributed by atoms with Gasteiger partial charge in [-0.05, 0) is 13.3 Å². The lowest BCUT2D eigenvalue weighted by Gasteiger charge is -2.34. The van der Waals surface area contributed by atoms with E-state index in [-0.39, 0.29) is 6.10 Å². The van der Waals surface area contributed by atoms with E-state index in [4.69, 9.17) is 14.7 Å². The quantitative estimate of drug-likeness (QED) is 0.486. The third kappa shape index (κ3) is 2.13. The first-order valence-corrected chi connectivity index (χ1v) is 3.69. The molecule has 0 unspecified atom stereocenters. The average Bonchev–Trinajstić information content (AvgIpc) is 2.06. The Morgan fingerprint density at radius 2 is 2.36 bits per heavy atom. The molecule has 1 fully saturated rings. The fourth-order valence-corrected chi connectivity index (χ4v) is 1.09. The van der Waals surface area contributed by atoms with Gasteiger partial charge in [0.05, 0.1) is 6.61 Å². The Balaban J connectivity index is 2.35. The zero-order valence-electron chi connectivity index (χ0n) is 6.87. The van der Waals surface area contributed by atoms with Gasteiger partial charge in [0.1, 0.15) is 6.10 Å². The van der Waals surface area contributed by atoms with E-state index in [1.165, 1.54) is 0 Å². The summed E-state index contributed by atoms with van der Waals surface area (Å²) in [7, 11) is 1.61. The smallest absolute Gasteiger partial charge is 0.165 e. The zero-order chi connectivity index (χ0) is 8.32. The van der Waals surface area contributed by atoms with Crippen molar-refractivity contribution in [1.82, 2.24) is 0 Å². The van der Waals surface area contributed by atoms with Crippen LogP contribution in [0.3, 0.4) is 0 Å². The van der Waals surface area contributed by atoms with Crippen LogP contribution in [-0.4, -0.2) is 30.9 Å². The molecule has 1 saturated heterocycles. The van der Waals surface area contributed by atoms with Gasteiger partial charge in [0.2, 0.25) is 0 Å². The van der Waals surface area contributed by atoms with Gasteiger partial charge in [0, 0.05) is 13.5 Å². The van der Waals surface area contributed by atoms with Gasteiger partial charge in [0.25, 0.3) is 0 Å². The first kappa shape index (κ1) is 8.93. The van der Waals surface area contributed by atoms with Crippen molar-refractivity contribution >= 4 is 0 Å². The number of methoxy groups -OCH3 is 1. The molecule has 4 heteroatoms. The van der Waals surface area contributed by atoms with Crippen LogP contribution >= 0.6 is 0 Å². The second-order valence-electron chi connectivity index (χ2n) is 2.92. The predicted molar refractivity (Wildman–Crippen MR) is 38.1 cm³/mol. The molecule has 0 aromatic rings. The van der Waals surface area contributed by atoms with Gasteiger partial charge < -0.3 is 9.47 Å². The SMILES string of the molecule is CO[C@]1(C)CC[C@@H](OO)CO1. The molecule has 1 aliphatic rings. The Morgan fingerprint density at radius 1 is 1.64 bits per heavy atom. The van der Waals surface area contributed by atoms with Gasteiger partial charge in [-0.2, -0.15) is 0 Å². The first-order valence-electron chi connectivity index (χ1n) is 3.69. The molecule has 4 nitrogen and oxygen atoms in total. The summed E-state index contributed by atoms with van der Waals surface area (Å²) in [6, 6.07) is 0. The molecule has 1 aliphatic heterocycles. The highest BCUT2D eigenvalue weighted by atomic mass is 17.1. The Hall–Kier alpha value is -0.160. The van der Waals surface area contributed by atoms with E-state index in [0.29, 0.717) is 6.61 Å². The monoisotopic (exact) mass is 162 g/mol. The van der Waals surface area contributed by atoms with Crippen molar-refractivity contribution in [3.05, 3.63) is 0 Å². The molecule has 0 saturated carbocycles. The van der Waals surface area contributed by atoms with Crippen LogP contribution in [-0.2, 0) is 14.4 Å². The average molecular weight is 162 g/mol. The van der Waals surface area contributed by atoms with Gasteiger partial charge in [-0.3, -0.25) is 5.26 Å². The normalized spacial score (nSPS) is 39.0. The van der Waals surface area contributed by atoms with Crippen LogP contribution < -0.4 is 0 Å². The van der Waals surface area contributed by atoms with Gasteiger partial charge in [-0.15, -0.1) is 0 Å². The van der Waals surface area contributed by atoms with Crippen molar-refractivity contribution in [2.75, 3.05) is 13.7 Å². The highest BCUT2D eigenvalue weighted by Gasteiger charge is 2.32. The molecule has 1 N–H and O–H groups in total. The van der Waals surface area contributed by atoms with E-state index in [9.17, 15) is 0 Å². The summed E-state index contributed by atoms with van der Waals surface area (Å²) in [5.74, 6) is -0.491. The van der Waals surface area contributed by atoms with Crippen molar-refractivity contribution in [1.29, 1.82) is 0 Å². The predicted octanol–water partition coefficient (Wildman–Crippen LogP) is 1.02. The minimum Gasteiger partial charge on any atom is -0.353 e. The van der Waals surface area contributed by atoms with Crippen molar-refractivity contribution in [2.24, 2.45) is 0 Å². The minimum absolute atomic E-state index is 0.196. The van der Waals surface area contributed by atoms with Crippen LogP contribution in [0, 0.1) is 0 Å². The Kier molecular flexibility index (Phi) is 2.84. The molecule has 0 aromatic carbocycles. The van der Waals surface area contributed by atoms with E-state index < -0.39 is 5.79 Å². The summed E-state index contributed by atoms with van der Waals surface area (Å²) in [5.41, 5.74) is 0. The van der Waals surface area contributed by atoms with Gasteiger partial charge in [0.15, 0.2) is 5.79 Å². The van der Waals surface area contributed by atoms with Crippen molar-refractivity contribution in [2.45, 2.75) is 31.7 Å². The van der Waals surface area contributed by atoms with Crippen LogP contribution in [0.15, 0.2) is 0 Å². The second kappa shape index (κ2) is 3.49. The fourth-order valence-electron chi connectivity index (χ4n) is 1.09. The Morgan fingerprint density at radius 3 is 2.73 bits per heavy atom. The van der Waals surface area contributed by atoms with E-state index in [1.807, 2.05) is 6.92 Å². The summed E-state index contributed by atoms with van der Waals surface area (Å²) in [4.78, 5) is 4.15. The van der Waals surface area contributed by atoms with Crippen molar-refractivity contribution in [3.63, 3.8) is 0 Å². The number of hydrogen-bond donors (Lipinski definition) is 1. The summed E-state index contributed by atoms with van der Waals surface area (Å²) < 4.78 is 10.4. The Labute approximate surface area is 66.0 Å². The lowest BCUT2D eigenvalue weighted by molar-refractivity contribution is -0.329. The third-order valence-corrected chi connectivity index (χ3v) is 2.08. The maximum absolute atomic E-state index is 8.31. The molecule has 0 bridgehead atoms. The van der Waals surface area contributed by atoms with Crippen LogP contribution in [0.2, 0.25) is 0 Å². The molecule has 0 aliphatic carbocycles. The number of rotatable bonds is 2. The third-order valence-electron chi connectivity index (χ3n) is 2.08. The van der Waals surface area contributed by atoms with E-state index in [1.54, 1.807) is 7.11 Å². The topological polar surface area (TPSA) is 47.9 Å². The molecular weight excluding hydrogens is 148 g/mol. The zero-order valence-corrected chi connectivity index (χ0v) is 6.87. The lowest BCUT2D eigenvalue weighted by Crippen LogP contribution is -2.40. The molecular formula is C7H14O4. The van der Waals surface area contributed by atoms with Gasteiger partial charge >= 0.3 is 0 Å². The molecule has 1 rings (SSSR count). The maximum Gasteiger partial charge on any atom is 0.165 e. The van der Waals surface area contributed by atoms with E-state index in [0.717, 1.165) is 12.8 Å². The molecule has 66 valence electrons. The fraction of sp³-hybridized carbons (Fsp3) is 1.00. The van der Waals surface area contributed by atoms with Gasteiger partial charge in [-0.1, -0.05) is 0 Å².